The summed E-state index contributed by atoms with van der Waals surface area (Å²) in [4.78, 5) is 32.0. The molecule has 0 aliphatic carbocycles. The summed E-state index contributed by atoms with van der Waals surface area (Å²) in [5, 5.41) is 2.97. The quantitative estimate of drug-likeness (QED) is 0.676. The molecule has 6 heteroatoms. The molecule has 6 nitrogen and oxygen atoms in total. The standard InChI is InChI=1S/C23H24N4O2/c1-26-20-10-6-5-9-19(20)23(22(26)29,15-18-7-3-2-4-8-18)16-21(28)25-12-14-27-13-11-24-17-27/h2-11,13,17H,12,14-16H2,1H3,(H,25,28)/t23-/m1/s1. The Balaban J connectivity index is 1.59. The van der Waals surface area contributed by atoms with Crippen LogP contribution in [0.5, 0.6) is 0 Å². The van der Waals surface area contributed by atoms with Gasteiger partial charge in [-0.15, -0.1) is 0 Å². The fourth-order valence-corrected chi connectivity index (χ4v) is 4.14. The van der Waals surface area contributed by atoms with E-state index in [0.717, 1.165) is 16.8 Å². The second-order valence-corrected chi connectivity index (χ2v) is 7.45. The number of carbonyl (C=O) groups excluding carboxylic acids is 2. The topological polar surface area (TPSA) is 67.2 Å². The summed E-state index contributed by atoms with van der Waals surface area (Å²) in [6.07, 6.45) is 5.89. The van der Waals surface area contributed by atoms with E-state index in [2.05, 4.69) is 10.3 Å². The number of aromatic nitrogens is 2. The van der Waals surface area contributed by atoms with Crippen LogP contribution in [0.15, 0.2) is 73.3 Å². The minimum absolute atomic E-state index is 0.0349. The van der Waals surface area contributed by atoms with Crippen LogP contribution in [0.2, 0.25) is 0 Å². The maximum Gasteiger partial charge on any atom is 0.238 e. The van der Waals surface area contributed by atoms with Crippen molar-refractivity contribution in [3.63, 3.8) is 0 Å². The van der Waals surface area contributed by atoms with Crippen LogP contribution in [0.3, 0.4) is 0 Å². The summed E-state index contributed by atoms with van der Waals surface area (Å²) >= 11 is 0. The van der Waals surface area contributed by atoms with Gasteiger partial charge in [-0.2, -0.15) is 0 Å². The van der Waals surface area contributed by atoms with Crippen LogP contribution in [0.1, 0.15) is 17.5 Å². The molecule has 1 aliphatic heterocycles. The van der Waals surface area contributed by atoms with Crippen LogP contribution in [0.4, 0.5) is 5.69 Å². The average Bonchev–Trinajstić information content (AvgIpc) is 3.32. The molecule has 0 saturated heterocycles. The van der Waals surface area contributed by atoms with Gasteiger partial charge in [-0.1, -0.05) is 48.5 Å². The molecule has 0 bridgehead atoms. The van der Waals surface area contributed by atoms with Gasteiger partial charge in [-0.3, -0.25) is 9.59 Å². The minimum atomic E-state index is -0.897. The summed E-state index contributed by atoms with van der Waals surface area (Å²) in [5.74, 6) is -0.160. The van der Waals surface area contributed by atoms with Gasteiger partial charge in [0.2, 0.25) is 11.8 Å². The number of carbonyl (C=O) groups is 2. The monoisotopic (exact) mass is 388 g/mol. The lowest BCUT2D eigenvalue weighted by Gasteiger charge is -2.28. The van der Waals surface area contributed by atoms with Gasteiger partial charge >= 0.3 is 0 Å². The summed E-state index contributed by atoms with van der Waals surface area (Å²) in [6, 6.07) is 17.7. The van der Waals surface area contributed by atoms with Crippen molar-refractivity contribution < 1.29 is 9.59 Å². The Morgan fingerprint density at radius 1 is 1.10 bits per heavy atom. The first kappa shape index (κ1) is 18.9. The van der Waals surface area contributed by atoms with E-state index in [9.17, 15) is 9.59 Å². The molecular weight excluding hydrogens is 364 g/mol. The smallest absolute Gasteiger partial charge is 0.238 e. The van der Waals surface area contributed by atoms with E-state index in [-0.39, 0.29) is 18.2 Å². The summed E-state index contributed by atoms with van der Waals surface area (Å²) in [5.41, 5.74) is 1.93. The third-order valence-corrected chi connectivity index (χ3v) is 5.56. The highest BCUT2D eigenvalue weighted by Gasteiger charge is 2.50. The SMILES string of the molecule is CN1C(=O)[C@@](CC(=O)NCCn2ccnc2)(Cc2ccccc2)c2ccccc21. The van der Waals surface area contributed by atoms with E-state index in [1.54, 1.807) is 24.5 Å². The summed E-state index contributed by atoms with van der Waals surface area (Å²) in [6.45, 7) is 1.13. The highest BCUT2D eigenvalue weighted by atomic mass is 16.2. The third-order valence-electron chi connectivity index (χ3n) is 5.56. The van der Waals surface area contributed by atoms with Crippen LogP contribution >= 0.6 is 0 Å². The summed E-state index contributed by atoms with van der Waals surface area (Å²) < 4.78 is 1.91. The van der Waals surface area contributed by atoms with Crippen LogP contribution < -0.4 is 10.2 Å². The molecule has 1 aromatic heterocycles. The van der Waals surface area contributed by atoms with Crippen LogP contribution in [0.25, 0.3) is 0 Å². The Morgan fingerprint density at radius 2 is 1.86 bits per heavy atom. The van der Waals surface area contributed by atoms with Crippen LogP contribution in [-0.2, 0) is 28.0 Å². The van der Waals surface area contributed by atoms with Crippen molar-refractivity contribution in [3.05, 3.63) is 84.4 Å². The van der Waals surface area contributed by atoms with Gasteiger partial charge in [0.25, 0.3) is 0 Å². The number of rotatable bonds is 7. The van der Waals surface area contributed by atoms with Crippen molar-refractivity contribution in [1.29, 1.82) is 0 Å². The Hall–Kier alpha value is -3.41. The van der Waals surface area contributed by atoms with E-state index in [1.807, 2.05) is 65.4 Å². The van der Waals surface area contributed by atoms with Crippen molar-refractivity contribution >= 4 is 17.5 Å². The minimum Gasteiger partial charge on any atom is -0.354 e. The first-order valence-electron chi connectivity index (χ1n) is 9.74. The molecule has 3 aromatic rings. The van der Waals surface area contributed by atoms with Crippen molar-refractivity contribution in [2.75, 3.05) is 18.5 Å². The highest BCUT2D eigenvalue weighted by molar-refractivity contribution is 6.09. The number of anilines is 1. The molecule has 4 rings (SSSR count). The molecule has 2 amide bonds. The highest BCUT2D eigenvalue weighted by Crippen LogP contribution is 2.45. The number of imidazole rings is 1. The zero-order chi connectivity index (χ0) is 20.3. The molecule has 0 spiro atoms. The zero-order valence-electron chi connectivity index (χ0n) is 16.4. The first-order valence-corrected chi connectivity index (χ1v) is 9.74. The molecule has 2 heterocycles. The molecule has 2 aromatic carbocycles. The van der Waals surface area contributed by atoms with Gasteiger partial charge in [0.05, 0.1) is 11.7 Å². The average molecular weight is 388 g/mol. The lowest BCUT2D eigenvalue weighted by atomic mass is 9.73. The van der Waals surface area contributed by atoms with Crippen LogP contribution in [0, 0.1) is 0 Å². The van der Waals surface area contributed by atoms with Gasteiger partial charge < -0.3 is 14.8 Å². The molecule has 0 radical (unpaired) electrons. The van der Waals surface area contributed by atoms with Crippen molar-refractivity contribution in [3.8, 4) is 0 Å². The molecule has 29 heavy (non-hydrogen) atoms. The van der Waals surface area contributed by atoms with E-state index >= 15 is 0 Å². The summed E-state index contributed by atoms with van der Waals surface area (Å²) in [7, 11) is 1.78. The predicted octanol–water partition coefficient (Wildman–Crippen LogP) is 2.55. The number of benzene rings is 2. The van der Waals surface area contributed by atoms with Gasteiger partial charge in [-0.05, 0) is 23.6 Å². The fourth-order valence-electron chi connectivity index (χ4n) is 4.14. The number of amides is 2. The number of hydrogen-bond acceptors (Lipinski definition) is 3. The van der Waals surface area contributed by atoms with E-state index in [1.165, 1.54) is 0 Å². The second-order valence-electron chi connectivity index (χ2n) is 7.45. The molecule has 0 fully saturated rings. The van der Waals surface area contributed by atoms with E-state index in [4.69, 9.17) is 0 Å². The number of para-hydroxylation sites is 1. The van der Waals surface area contributed by atoms with Crippen molar-refractivity contribution in [2.45, 2.75) is 24.8 Å². The molecule has 0 saturated carbocycles. The van der Waals surface area contributed by atoms with Crippen LogP contribution in [-0.4, -0.2) is 35.0 Å². The van der Waals surface area contributed by atoms with Gasteiger partial charge in [0.15, 0.2) is 0 Å². The normalized spacial score (nSPS) is 18.0. The van der Waals surface area contributed by atoms with Gasteiger partial charge in [-0.25, -0.2) is 4.98 Å². The maximum atomic E-state index is 13.4. The number of nitrogens with one attached hydrogen (secondary N) is 1. The lowest BCUT2D eigenvalue weighted by molar-refractivity contribution is -0.129. The van der Waals surface area contributed by atoms with E-state index < -0.39 is 5.41 Å². The first-order chi connectivity index (χ1) is 14.1. The van der Waals surface area contributed by atoms with E-state index in [0.29, 0.717) is 19.5 Å². The lowest BCUT2D eigenvalue weighted by Crippen LogP contribution is -2.44. The Morgan fingerprint density at radius 3 is 2.62 bits per heavy atom. The maximum absolute atomic E-state index is 13.4. The third kappa shape index (κ3) is 3.66. The number of nitrogens with zero attached hydrogens (tertiary/aromatic N) is 3. The number of hydrogen-bond donors (Lipinski definition) is 1. The zero-order valence-corrected chi connectivity index (χ0v) is 16.4. The number of likely N-dealkylation sites (N-methyl/N-ethyl adjacent to an activating group) is 1. The second kappa shape index (κ2) is 7.91. The Labute approximate surface area is 170 Å². The molecular formula is C23H24N4O2. The molecule has 1 atom stereocenters. The fraction of sp³-hybridized carbons (Fsp3) is 0.261. The predicted molar refractivity (Wildman–Crippen MR) is 112 cm³/mol. The Kier molecular flexibility index (Phi) is 5.16. The molecule has 148 valence electrons. The largest absolute Gasteiger partial charge is 0.354 e. The number of fused-ring (bicyclic) bond motifs is 1. The Bertz CT molecular complexity index is 1000. The molecule has 1 N–H and O–H groups in total. The van der Waals surface area contributed by atoms with Gasteiger partial charge in [0.1, 0.15) is 0 Å². The molecule has 0 unspecified atom stereocenters. The van der Waals surface area contributed by atoms with Crippen molar-refractivity contribution in [1.82, 2.24) is 14.9 Å². The van der Waals surface area contributed by atoms with Crippen molar-refractivity contribution in [2.24, 2.45) is 0 Å². The molecule has 1 aliphatic rings. The van der Waals surface area contributed by atoms with Gasteiger partial charge in [0, 0.05) is 44.6 Å².